The fourth-order valence-corrected chi connectivity index (χ4v) is 2.98. The minimum atomic E-state index is -0.279. The zero-order valence-electron chi connectivity index (χ0n) is 16.4. The highest BCUT2D eigenvalue weighted by molar-refractivity contribution is 5.62. The van der Waals surface area contributed by atoms with Crippen LogP contribution in [0.15, 0.2) is 47.7 Å². The van der Waals surface area contributed by atoms with Crippen molar-refractivity contribution in [1.82, 2.24) is 29.4 Å². The summed E-state index contributed by atoms with van der Waals surface area (Å²) in [5, 5.41) is 14.3. The Morgan fingerprint density at radius 1 is 1.18 bits per heavy atom. The van der Waals surface area contributed by atoms with Gasteiger partial charge in [0, 0.05) is 29.9 Å². The highest BCUT2D eigenvalue weighted by Crippen LogP contribution is 2.23. The number of H-pyrrole nitrogens is 1. The van der Waals surface area contributed by atoms with Crippen molar-refractivity contribution >= 4 is 11.5 Å². The number of rotatable bonds is 4. The van der Waals surface area contributed by atoms with Gasteiger partial charge in [-0.05, 0) is 18.6 Å². The summed E-state index contributed by atoms with van der Waals surface area (Å²) in [5.41, 5.74) is 4.01. The van der Waals surface area contributed by atoms with Crippen molar-refractivity contribution in [3.8, 4) is 5.69 Å². The second-order valence-corrected chi connectivity index (χ2v) is 7.88. The van der Waals surface area contributed by atoms with Crippen LogP contribution < -0.4 is 11.0 Å². The Bertz CT molecular complexity index is 1190. The molecule has 0 saturated carbocycles. The second kappa shape index (κ2) is 6.63. The van der Waals surface area contributed by atoms with Gasteiger partial charge in [0.2, 0.25) is 5.65 Å². The van der Waals surface area contributed by atoms with Crippen LogP contribution in [-0.4, -0.2) is 29.4 Å². The molecule has 0 aliphatic carbocycles. The summed E-state index contributed by atoms with van der Waals surface area (Å²) in [6.45, 7) is 8.75. The number of aryl methyl sites for hydroxylation is 1. The van der Waals surface area contributed by atoms with Gasteiger partial charge in [0.05, 0.1) is 17.6 Å². The number of nitrogens with one attached hydrogen (secondary N) is 2. The lowest BCUT2D eigenvalue weighted by atomic mass is 9.93. The maximum atomic E-state index is 12.1. The second-order valence-electron chi connectivity index (χ2n) is 7.88. The van der Waals surface area contributed by atoms with Crippen LogP contribution in [0, 0.1) is 6.92 Å². The molecule has 2 N–H and O–H groups in total. The van der Waals surface area contributed by atoms with Gasteiger partial charge in [-0.15, -0.1) is 5.10 Å². The molecule has 8 heteroatoms. The number of benzene rings is 1. The Labute approximate surface area is 162 Å². The van der Waals surface area contributed by atoms with Crippen LogP contribution in [0.2, 0.25) is 0 Å². The third-order valence-corrected chi connectivity index (χ3v) is 4.63. The van der Waals surface area contributed by atoms with Crippen LogP contribution in [-0.2, 0) is 12.0 Å². The van der Waals surface area contributed by atoms with Crippen molar-refractivity contribution < 1.29 is 0 Å². The average molecular weight is 377 g/mol. The number of anilines is 1. The van der Waals surface area contributed by atoms with E-state index in [1.54, 1.807) is 6.20 Å². The van der Waals surface area contributed by atoms with Crippen LogP contribution in [0.1, 0.15) is 37.6 Å². The lowest BCUT2D eigenvalue weighted by molar-refractivity contribution is 0.565. The van der Waals surface area contributed by atoms with Gasteiger partial charge in [0.1, 0.15) is 0 Å². The normalized spacial score (nSPS) is 11.9. The first-order valence-electron chi connectivity index (χ1n) is 9.14. The molecular weight excluding hydrogens is 354 g/mol. The third kappa shape index (κ3) is 3.28. The monoisotopic (exact) mass is 377 g/mol. The van der Waals surface area contributed by atoms with Gasteiger partial charge in [-0.1, -0.05) is 39.0 Å². The Kier molecular flexibility index (Phi) is 4.26. The van der Waals surface area contributed by atoms with Crippen molar-refractivity contribution in [3.05, 3.63) is 70.2 Å². The molecule has 0 aliphatic rings. The molecule has 3 heterocycles. The molecule has 0 bridgehead atoms. The number of para-hydroxylation sites is 1. The molecule has 0 aliphatic heterocycles. The number of nitrogens with zero attached hydrogens (tertiary/aromatic N) is 5. The molecule has 4 rings (SSSR count). The first-order valence-corrected chi connectivity index (χ1v) is 9.14. The minimum absolute atomic E-state index is 0.197. The van der Waals surface area contributed by atoms with E-state index in [1.807, 2.05) is 35.3 Å². The van der Waals surface area contributed by atoms with Crippen LogP contribution in [0.3, 0.4) is 0 Å². The van der Waals surface area contributed by atoms with E-state index < -0.39 is 0 Å². The summed E-state index contributed by atoms with van der Waals surface area (Å²) in [6.07, 6.45) is 5.54. The first kappa shape index (κ1) is 18.0. The van der Waals surface area contributed by atoms with E-state index in [1.165, 1.54) is 4.40 Å². The van der Waals surface area contributed by atoms with Crippen LogP contribution in [0.4, 0.5) is 5.82 Å². The van der Waals surface area contributed by atoms with Crippen molar-refractivity contribution in [1.29, 1.82) is 0 Å². The van der Waals surface area contributed by atoms with Crippen LogP contribution in [0.25, 0.3) is 11.3 Å². The maximum absolute atomic E-state index is 12.1. The predicted molar refractivity (Wildman–Crippen MR) is 108 cm³/mol. The molecule has 1 aromatic carbocycles. The summed E-state index contributed by atoms with van der Waals surface area (Å²) >= 11 is 0. The molecule has 0 amide bonds. The third-order valence-electron chi connectivity index (χ3n) is 4.63. The Hall–Kier alpha value is -3.42. The van der Waals surface area contributed by atoms with Gasteiger partial charge in [0.25, 0.3) is 0 Å². The quantitative estimate of drug-likeness (QED) is 0.570. The fourth-order valence-electron chi connectivity index (χ4n) is 2.98. The molecule has 0 atom stereocenters. The van der Waals surface area contributed by atoms with Gasteiger partial charge < -0.3 is 5.32 Å². The minimum Gasteiger partial charge on any atom is -0.363 e. The van der Waals surface area contributed by atoms with Crippen molar-refractivity contribution in [2.75, 3.05) is 5.32 Å². The Morgan fingerprint density at radius 3 is 2.71 bits per heavy atom. The van der Waals surface area contributed by atoms with Crippen LogP contribution in [0.5, 0.6) is 0 Å². The molecule has 0 spiro atoms. The summed E-state index contributed by atoms with van der Waals surface area (Å²) in [5.74, 6) is 0.564. The summed E-state index contributed by atoms with van der Waals surface area (Å²) in [4.78, 5) is 16.8. The highest BCUT2D eigenvalue weighted by atomic mass is 16.1. The highest BCUT2D eigenvalue weighted by Gasteiger charge is 2.20. The Balaban J connectivity index is 1.63. The van der Waals surface area contributed by atoms with Gasteiger partial charge >= 0.3 is 5.69 Å². The summed E-state index contributed by atoms with van der Waals surface area (Å²) in [6, 6.07) is 8.10. The number of aromatic amines is 1. The topological polar surface area (TPSA) is 92.9 Å². The largest absolute Gasteiger partial charge is 0.363 e. The summed E-state index contributed by atoms with van der Waals surface area (Å²) < 4.78 is 3.35. The molecule has 0 unspecified atom stereocenters. The molecule has 0 radical (unpaired) electrons. The van der Waals surface area contributed by atoms with Gasteiger partial charge in [-0.3, -0.25) is 0 Å². The molecule has 28 heavy (non-hydrogen) atoms. The molecule has 8 nitrogen and oxygen atoms in total. The van der Waals surface area contributed by atoms with E-state index in [0.717, 1.165) is 22.5 Å². The molecule has 4 aromatic rings. The maximum Gasteiger partial charge on any atom is 0.347 e. The zero-order chi connectivity index (χ0) is 19.9. The zero-order valence-corrected chi connectivity index (χ0v) is 16.4. The number of hydrogen-bond donors (Lipinski definition) is 2. The first-order chi connectivity index (χ1) is 13.3. The molecule has 3 aromatic heterocycles. The molecular formula is C20H23N7O. The molecule has 0 fully saturated rings. The van der Waals surface area contributed by atoms with Crippen molar-refractivity contribution in [2.45, 2.75) is 39.7 Å². The summed E-state index contributed by atoms with van der Waals surface area (Å²) in [7, 11) is 0. The van der Waals surface area contributed by atoms with E-state index in [0.29, 0.717) is 18.0 Å². The van der Waals surface area contributed by atoms with Crippen molar-refractivity contribution in [3.63, 3.8) is 0 Å². The number of aromatic nitrogens is 6. The van der Waals surface area contributed by atoms with Gasteiger partial charge in [-0.2, -0.15) is 5.10 Å². The van der Waals surface area contributed by atoms with Gasteiger partial charge in [-0.25, -0.2) is 24.0 Å². The number of fused-ring (bicyclic) bond motifs is 1. The lowest BCUT2D eigenvalue weighted by Gasteiger charge is -2.19. The fraction of sp³-hybridized carbons (Fsp3) is 0.300. The predicted octanol–water partition coefficient (Wildman–Crippen LogP) is 2.82. The number of hydrogen-bond acceptors (Lipinski definition) is 5. The SMILES string of the molecule is Cc1ccccc1-n1cc(CNc2nc(C(C)(C)C)cn3c(=O)[nH]nc23)cn1. The van der Waals surface area contributed by atoms with E-state index >= 15 is 0 Å². The van der Waals surface area contributed by atoms with Crippen LogP contribution >= 0.6 is 0 Å². The molecule has 0 saturated heterocycles. The average Bonchev–Trinajstić information content (AvgIpc) is 3.27. The van der Waals surface area contributed by atoms with E-state index in [9.17, 15) is 4.79 Å². The Morgan fingerprint density at radius 2 is 1.96 bits per heavy atom. The van der Waals surface area contributed by atoms with Crippen molar-refractivity contribution in [2.24, 2.45) is 0 Å². The van der Waals surface area contributed by atoms with E-state index in [-0.39, 0.29) is 11.1 Å². The lowest BCUT2D eigenvalue weighted by Crippen LogP contribution is -2.19. The van der Waals surface area contributed by atoms with Gasteiger partial charge in [0.15, 0.2) is 5.82 Å². The standard InChI is InChI=1S/C20H23N7O/c1-13-7-5-6-8-15(13)27-11-14(10-22-27)9-21-17-18-24-25-19(28)26(18)12-16(23-17)20(2,3)4/h5-8,10-12H,9H2,1-4H3,(H,21,23)(H,25,28). The smallest absolute Gasteiger partial charge is 0.347 e. The molecule has 144 valence electrons. The van der Waals surface area contributed by atoms with E-state index in [4.69, 9.17) is 4.98 Å². The van der Waals surface area contributed by atoms with E-state index in [2.05, 4.69) is 54.4 Å².